The molecule has 192 valence electrons. The first kappa shape index (κ1) is 25.1. The van der Waals surface area contributed by atoms with E-state index < -0.39 is 11.9 Å². The number of carbonyl (C=O) groups is 1. The van der Waals surface area contributed by atoms with Gasteiger partial charge < -0.3 is 19.7 Å². The van der Waals surface area contributed by atoms with Crippen LogP contribution in [0.15, 0.2) is 35.4 Å². The van der Waals surface area contributed by atoms with Crippen molar-refractivity contribution in [3.8, 4) is 0 Å². The predicted molar refractivity (Wildman–Crippen MR) is 135 cm³/mol. The SMILES string of the molecule is CCC1C(=C2CCC3(CC2O)OCC(C)(C)CO3)C(c2ccc(C=O)cc2)CC2(C)C(O)CCC12. The van der Waals surface area contributed by atoms with E-state index >= 15 is 0 Å². The largest absolute Gasteiger partial charge is 0.393 e. The Hall–Kier alpha value is -1.53. The van der Waals surface area contributed by atoms with Gasteiger partial charge in [-0.15, -0.1) is 0 Å². The van der Waals surface area contributed by atoms with Gasteiger partial charge in [0.25, 0.3) is 0 Å². The summed E-state index contributed by atoms with van der Waals surface area (Å²) in [4.78, 5) is 11.3. The lowest BCUT2D eigenvalue weighted by molar-refractivity contribution is -0.313. The number of hydrogen-bond donors (Lipinski definition) is 2. The van der Waals surface area contributed by atoms with Crippen LogP contribution < -0.4 is 0 Å². The zero-order chi connectivity index (χ0) is 25.0. The third kappa shape index (κ3) is 4.33. The van der Waals surface area contributed by atoms with Crippen LogP contribution in [-0.4, -0.2) is 47.7 Å². The number of benzene rings is 1. The van der Waals surface area contributed by atoms with Gasteiger partial charge in [-0.05, 0) is 60.5 Å². The molecule has 6 atom stereocenters. The molecule has 5 heteroatoms. The summed E-state index contributed by atoms with van der Waals surface area (Å²) in [6.07, 6.45) is 5.73. The quantitative estimate of drug-likeness (QED) is 0.446. The summed E-state index contributed by atoms with van der Waals surface area (Å²) in [6.45, 7) is 10.1. The molecule has 3 saturated carbocycles. The number of hydrogen-bond acceptors (Lipinski definition) is 5. The molecular formula is C30H42O5. The summed E-state index contributed by atoms with van der Waals surface area (Å²) in [5, 5.41) is 22.6. The van der Waals surface area contributed by atoms with Crippen molar-refractivity contribution < 1.29 is 24.5 Å². The number of aliphatic hydroxyl groups is 2. The molecule has 1 heterocycles. The fraction of sp³-hybridized carbons (Fsp3) is 0.700. The van der Waals surface area contributed by atoms with E-state index in [1.54, 1.807) is 0 Å². The summed E-state index contributed by atoms with van der Waals surface area (Å²) in [5.74, 6) is 0.184. The first-order valence-corrected chi connectivity index (χ1v) is 13.5. The zero-order valence-corrected chi connectivity index (χ0v) is 21.8. The predicted octanol–water partition coefficient (Wildman–Crippen LogP) is 5.40. The zero-order valence-electron chi connectivity index (χ0n) is 21.8. The highest BCUT2D eigenvalue weighted by Crippen LogP contribution is 2.62. The number of ether oxygens (including phenoxy) is 2. The minimum atomic E-state index is -0.686. The van der Waals surface area contributed by atoms with Crippen LogP contribution in [-0.2, 0) is 9.47 Å². The van der Waals surface area contributed by atoms with E-state index in [9.17, 15) is 15.0 Å². The Bertz CT molecular complexity index is 969. The van der Waals surface area contributed by atoms with Gasteiger partial charge in [0.1, 0.15) is 6.29 Å². The minimum absolute atomic E-state index is 0.00182. The Morgan fingerprint density at radius 3 is 2.31 bits per heavy atom. The normalized spacial score (nSPS) is 40.5. The van der Waals surface area contributed by atoms with Gasteiger partial charge in [0, 0.05) is 29.7 Å². The third-order valence-corrected chi connectivity index (χ3v) is 9.68. The maximum absolute atomic E-state index is 11.6. The molecule has 0 bridgehead atoms. The van der Waals surface area contributed by atoms with Crippen molar-refractivity contribution in [2.24, 2.45) is 22.7 Å². The topological polar surface area (TPSA) is 76.0 Å². The van der Waals surface area contributed by atoms with Crippen molar-refractivity contribution in [2.45, 2.75) is 96.6 Å². The molecule has 2 N–H and O–H groups in total. The Balaban J connectivity index is 1.54. The number of allylic oxidation sites excluding steroid dienone is 1. The molecule has 0 amide bonds. The molecule has 1 aromatic rings. The molecule has 35 heavy (non-hydrogen) atoms. The van der Waals surface area contributed by atoms with Crippen molar-refractivity contribution in [1.82, 2.24) is 0 Å². The number of aldehydes is 1. The highest BCUT2D eigenvalue weighted by Gasteiger charge is 2.56. The van der Waals surface area contributed by atoms with Crippen LogP contribution >= 0.6 is 0 Å². The summed E-state index contributed by atoms with van der Waals surface area (Å²) in [6, 6.07) is 7.92. The smallest absolute Gasteiger partial charge is 0.171 e. The minimum Gasteiger partial charge on any atom is -0.393 e. The van der Waals surface area contributed by atoms with Crippen LogP contribution in [0.3, 0.4) is 0 Å². The number of aliphatic hydroxyl groups excluding tert-OH is 2. The molecule has 6 unspecified atom stereocenters. The van der Waals surface area contributed by atoms with Crippen molar-refractivity contribution in [3.05, 3.63) is 46.5 Å². The first-order valence-electron chi connectivity index (χ1n) is 13.5. The van der Waals surface area contributed by atoms with Gasteiger partial charge >= 0.3 is 0 Å². The fourth-order valence-corrected chi connectivity index (χ4v) is 7.64. The average Bonchev–Trinajstić information content (AvgIpc) is 3.14. The Kier molecular flexibility index (Phi) is 6.53. The van der Waals surface area contributed by atoms with E-state index in [1.165, 1.54) is 11.1 Å². The number of rotatable bonds is 3. The molecule has 4 aliphatic rings. The molecule has 1 saturated heterocycles. The number of carbonyl (C=O) groups excluding carboxylic acids is 1. The van der Waals surface area contributed by atoms with Gasteiger partial charge in [0.15, 0.2) is 5.79 Å². The summed E-state index contributed by atoms with van der Waals surface area (Å²) in [7, 11) is 0. The summed E-state index contributed by atoms with van der Waals surface area (Å²) >= 11 is 0. The molecule has 5 rings (SSSR count). The molecule has 1 spiro atoms. The summed E-state index contributed by atoms with van der Waals surface area (Å²) in [5.41, 5.74) is 4.24. The van der Waals surface area contributed by atoms with E-state index in [0.29, 0.717) is 37.0 Å². The second kappa shape index (κ2) is 9.09. The van der Waals surface area contributed by atoms with Crippen molar-refractivity contribution in [1.29, 1.82) is 0 Å². The van der Waals surface area contributed by atoms with Crippen LogP contribution in [0.2, 0.25) is 0 Å². The van der Waals surface area contributed by atoms with Crippen LogP contribution in [0.5, 0.6) is 0 Å². The van der Waals surface area contributed by atoms with Gasteiger partial charge in [-0.2, -0.15) is 0 Å². The lowest BCUT2D eigenvalue weighted by atomic mass is 9.55. The molecule has 5 nitrogen and oxygen atoms in total. The summed E-state index contributed by atoms with van der Waals surface area (Å²) < 4.78 is 12.5. The fourth-order valence-electron chi connectivity index (χ4n) is 7.64. The van der Waals surface area contributed by atoms with Crippen LogP contribution in [0.4, 0.5) is 0 Å². The lowest BCUT2D eigenvalue weighted by Gasteiger charge is -2.52. The molecule has 4 fully saturated rings. The number of fused-ring (bicyclic) bond motifs is 1. The standard InChI is InChI=1S/C30H42O5/c1-5-21-24-10-11-26(33)29(24,4)14-23(20-8-6-19(16-31)7-9-20)27(21)22-12-13-30(15-25(22)32)34-17-28(2,3)18-35-30/h6-9,16,21,23-26,32-33H,5,10-15,17-18H2,1-4H3. The molecule has 0 aromatic heterocycles. The molecular weight excluding hydrogens is 440 g/mol. The van der Waals surface area contributed by atoms with Crippen LogP contribution in [0.1, 0.15) is 94.5 Å². The van der Waals surface area contributed by atoms with Gasteiger partial charge in [0.2, 0.25) is 0 Å². The molecule has 3 aliphatic carbocycles. The van der Waals surface area contributed by atoms with Crippen molar-refractivity contribution in [2.75, 3.05) is 13.2 Å². The maximum Gasteiger partial charge on any atom is 0.171 e. The van der Waals surface area contributed by atoms with Crippen LogP contribution in [0, 0.1) is 22.7 Å². The van der Waals surface area contributed by atoms with Gasteiger partial charge in [-0.3, -0.25) is 4.79 Å². The van der Waals surface area contributed by atoms with E-state index in [2.05, 4.69) is 39.8 Å². The van der Waals surface area contributed by atoms with Crippen molar-refractivity contribution >= 4 is 6.29 Å². The average molecular weight is 483 g/mol. The maximum atomic E-state index is 11.6. The van der Waals surface area contributed by atoms with E-state index in [4.69, 9.17) is 9.47 Å². The first-order chi connectivity index (χ1) is 16.6. The van der Waals surface area contributed by atoms with E-state index in [0.717, 1.165) is 50.4 Å². The van der Waals surface area contributed by atoms with Crippen molar-refractivity contribution in [3.63, 3.8) is 0 Å². The van der Waals surface area contributed by atoms with Gasteiger partial charge in [-0.25, -0.2) is 0 Å². The Labute approximate surface area is 209 Å². The van der Waals surface area contributed by atoms with Crippen LogP contribution in [0.25, 0.3) is 0 Å². The molecule has 0 radical (unpaired) electrons. The second-order valence-corrected chi connectivity index (χ2v) is 12.6. The Morgan fingerprint density at radius 1 is 1.03 bits per heavy atom. The second-order valence-electron chi connectivity index (χ2n) is 12.6. The highest BCUT2D eigenvalue weighted by molar-refractivity contribution is 5.74. The van der Waals surface area contributed by atoms with E-state index in [-0.39, 0.29) is 22.9 Å². The highest BCUT2D eigenvalue weighted by atomic mass is 16.7. The molecule has 1 aliphatic heterocycles. The Morgan fingerprint density at radius 2 is 1.71 bits per heavy atom. The monoisotopic (exact) mass is 482 g/mol. The van der Waals surface area contributed by atoms with Gasteiger partial charge in [-0.1, -0.05) is 57.5 Å². The third-order valence-electron chi connectivity index (χ3n) is 9.68. The van der Waals surface area contributed by atoms with E-state index in [1.807, 2.05) is 12.1 Å². The lowest BCUT2D eigenvalue weighted by Crippen LogP contribution is -2.52. The molecule has 1 aromatic carbocycles. The van der Waals surface area contributed by atoms with Gasteiger partial charge in [0.05, 0.1) is 25.4 Å².